The molecule has 1 N–H and O–H groups in total. The number of rotatable bonds is 7. The molecule has 0 saturated heterocycles. The van der Waals surface area contributed by atoms with Crippen molar-refractivity contribution in [1.29, 1.82) is 0 Å². The molecule has 1 amide bonds. The molecule has 5 aromatic rings. The normalized spacial score (nSPS) is 12.1. The fourth-order valence-corrected chi connectivity index (χ4v) is 3.76. The van der Waals surface area contributed by atoms with Crippen LogP contribution < -0.4 is 10.1 Å². The van der Waals surface area contributed by atoms with Gasteiger partial charge < -0.3 is 19.4 Å². The number of hydrogen-bond donors (Lipinski definition) is 1. The number of nitrogens with zero attached hydrogens (tertiary/aromatic N) is 6. The number of carbonyl (C=O) groups is 1. The van der Waals surface area contributed by atoms with Crippen molar-refractivity contribution in [3.05, 3.63) is 67.3 Å². The Morgan fingerprint density at radius 3 is 2.88 bits per heavy atom. The molecule has 2 aromatic carbocycles. The van der Waals surface area contributed by atoms with Crippen molar-refractivity contribution in [1.82, 2.24) is 29.6 Å². The lowest BCUT2D eigenvalue weighted by atomic mass is 10.2. The average Bonchev–Trinajstić information content (AvgIpc) is 3.49. The zero-order valence-electron chi connectivity index (χ0n) is 19.0. The lowest BCUT2D eigenvalue weighted by Crippen LogP contribution is -2.35. The van der Waals surface area contributed by atoms with Crippen molar-refractivity contribution in [3.8, 4) is 5.75 Å². The third-order valence-corrected chi connectivity index (χ3v) is 5.39. The molecule has 3 heterocycles. The van der Waals surface area contributed by atoms with Crippen molar-refractivity contribution in [2.45, 2.75) is 19.6 Å². The van der Waals surface area contributed by atoms with Crippen LogP contribution in [0.4, 0.5) is 11.5 Å². The number of oxazole rings is 1. The molecule has 0 bridgehead atoms. The van der Waals surface area contributed by atoms with Crippen LogP contribution in [0.15, 0.2) is 65.8 Å². The molecule has 0 spiro atoms. The van der Waals surface area contributed by atoms with E-state index < -0.39 is 6.10 Å². The summed E-state index contributed by atoms with van der Waals surface area (Å²) in [7, 11) is 3.40. The summed E-state index contributed by atoms with van der Waals surface area (Å²) in [5, 5.41) is 9.47. The van der Waals surface area contributed by atoms with Gasteiger partial charge in [-0.3, -0.25) is 9.48 Å². The maximum absolute atomic E-state index is 12.3. The number of amides is 1. The Hall–Kier alpha value is -4.47. The molecular weight excluding hydrogens is 434 g/mol. The number of fused-ring (bicyclic) bond motifs is 2. The molecule has 10 nitrogen and oxygen atoms in total. The molecule has 0 aliphatic carbocycles. The highest BCUT2D eigenvalue weighted by Gasteiger charge is 2.19. The van der Waals surface area contributed by atoms with E-state index in [0.717, 1.165) is 16.6 Å². The molecule has 5 rings (SSSR count). The molecule has 0 fully saturated rings. The second-order valence-electron chi connectivity index (χ2n) is 7.99. The summed E-state index contributed by atoms with van der Waals surface area (Å²) in [5.74, 6) is 1.57. The van der Waals surface area contributed by atoms with E-state index in [-0.39, 0.29) is 5.91 Å². The van der Waals surface area contributed by atoms with Gasteiger partial charge in [0.25, 0.3) is 5.91 Å². The standard InChI is InChI=1S/C24H23N7O3/c1-15(24(32)30(2)3)34-20-6-4-5-18-22(20)23(27-14-26-18)29-17-7-8-19-16(11-17)12-28-31(19)13-21-25-9-10-33-21/h4-12,14-15H,13H2,1-3H3,(H,26,27,29)/t15-/m1/s1. The first-order valence-corrected chi connectivity index (χ1v) is 10.7. The van der Waals surface area contributed by atoms with Crippen LogP contribution in [0.25, 0.3) is 21.8 Å². The van der Waals surface area contributed by atoms with Crippen LogP contribution in [0.1, 0.15) is 12.8 Å². The van der Waals surface area contributed by atoms with Gasteiger partial charge in [-0.15, -0.1) is 0 Å². The third-order valence-electron chi connectivity index (χ3n) is 5.39. The Kier molecular flexibility index (Phi) is 5.54. The zero-order valence-corrected chi connectivity index (χ0v) is 19.0. The smallest absolute Gasteiger partial charge is 0.262 e. The molecule has 0 radical (unpaired) electrons. The lowest BCUT2D eigenvalue weighted by molar-refractivity contribution is -0.135. The molecule has 1 atom stereocenters. The summed E-state index contributed by atoms with van der Waals surface area (Å²) in [4.78, 5) is 26.8. The van der Waals surface area contributed by atoms with E-state index in [2.05, 4.69) is 25.4 Å². The zero-order chi connectivity index (χ0) is 23.7. The Bertz CT molecular complexity index is 1460. The number of anilines is 2. The van der Waals surface area contributed by atoms with Gasteiger partial charge in [0.15, 0.2) is 6.10 Å². The van der Waals surface area contributed by atoms with Gasteiger partial charge in [0, 0.05) is 25.2 Å². The van der Waals surface area contributed by atoms with Gasteiger partial charge in [-0.05, 0) is 37.3 Å². The van der Waals surface area contributed by atoms with E-state index in [9.17, 15) is 4.79 Å². The molecule has 34 heavy (non-hydrogen) atoms. The molecule has 0 aliphatic heterocycles. The molecule has 10 heteroatoms. The van der Waals surface area contributed by atoms with E-state index in [1.54, 1.807) is 39.7 Å². The van der Waals surface area contributed by atoms with E-state index >= 15 is 0 Å². The highest BCUT2D eigenvalue weighted by atomic mass is 16.5. The number of carbonyl (C=O) groups excluding carboxylic acids is 1. The Morgan fingerprint density at radius 2 is 2.09 bits per heavy atom. The van der Waals surface area contributed by atoms with E-state index in [1.807, 2.05) is 41.1 Å². The predicted octanol–water partition coefficient (Wildman–Crippen LogP) is 3.61. The Labute approximate surface area is 195 Å². The largest absolute Gasteiger partial charge is 0.480 e. The van der Waals surface area contributed by atoms with Crippen molar-refractivity contribution >= 4 is 39.2 Å². The van der Waals surface area contributed by atoms with E-state index in [4.69, 9.17) is 9.15 Å². The number of aromatic nitrogens is 5. The molecule has 0 unspecified atom stereocenters. The first-order valence-electron chi connectivity index (χ1n) is 10.7. The molecule has 3 aromatic heterocycles. The van der Waals surface area contributed by atoms with Gasteiger partial charge in [0.1, 0.15) is 30.7 Å². The van der Waals surface area contributed by atoms with Crippen LogP contribution in [0.3, 0.4) is 0 Å². The van der Waals surface area contributed by atoms with Crippen LogP contribution in [-0.2, 0) is 11.3 Å². The van der Waals surface area contributed by atoms with Crippen molar-refractivity contribution in [2.75, 3.05) is 19.4 Å². The monoisotopic (exact) mass is 457 g/mol. The minimum Gasteiger partial charge on any atom is -0.480 e. The van der Waals surface area contributed by atoms with Crippen LogP contribution in [0.2, 0.25) is 0 Å². The second-order valence-corrected chi connectivity index (χ2v) is 7.99. The maximum Gasteiger partial charge on any atom is 0.262 e. The van der Waals surface area contributed by atoms with Gasteiger partial charge in [-0.1, -0.05) is 6.07 Å². The minimum atomic E-state index is -0.653. The highest BCUT2D eigenvalue weighted by molar-refractivity contribution is 5.96. The topological polar surface area (TPSA) is 111 Å². The van der Waals surface area contributed by atoms with Crippen molar-refractivity contribution in [2.24, 2.45) is 0 Å². The van der Waals surface area contributed by atoms with Gasteiger partial charge >= 0.3 is 0 Å². The average molecular weight is 457 g/mol. The van der Waals surface area contributed by atoms with Crippen LogP contribution in [0, 0.1) is 0 Å². The van der Waals surface area contributed by atoms with Crippen LogP contribution in [0.5, 0.6) is 5.75 Å². The molecule has 0 saturated carbocycles. The first-order chi connectivity index (χ1) is 16.5. The summed E-state index contributed by atoms with van der Waals surface area (Å²) in [6.07, 6.45) is 5.80. The maximum atomic E-state index is 12.3. The van der Waals surface area contributed by atoms with Gasteiger partial charge in [-0.2, -0.15) is 5.10 Å². The summed E-state index contributed by atoms with van der Waals surface area (Å²) in [6.45, 7) is 2.17. The SMILES string of the molecule is C[C@@H](Oc1cccc2ncnc(Nc3ccc4c(cnn4Cc4ncco4)c3)c12)C(=O)N(C)C. The van der Waals surface area contributed by atoms with Gasteiger partial charge in [0.2, 0.25) is 5.89 Å². The number of hydrogen-bond acceptors (Lipinski definition) is 8. The lowest BCUT2D eigenvalue weighted by Gasteiger charge is -2.20. The van der Waals surface area contributed by atoms with Crippen molar-refractivity contribution < 1.29 is 13.9 Å². The van der Waals surface area contributed by atoms with E-state index in [1.165, 1.54) is 11.2 Å². The number of likely N-dealkylation sites (N-methyl/N-ethyl adjacent to an activating group) is 1. The Morgan fingerprint density at radius 1 is 1.21 bits per heavy atom. The minimum absolute atomic E-state index is 0.129. The Balaban J connectivity index is 1.46. The van der Waals surface area contributed by atoms with E-state index in [0.29, 0.717) is 34.9 Å². The second kappa shape index (κ2) is 8.81. The quantitative estimate of drug-likeness (QED) is 0.395. The summed E-state index contributed by atoms with van der Waals surface area (Å²) in [5.41, 5.74) is 2.49. The third kappa shape index (κ3) is 4.13. The fraction of sp³-hybridized carbons (Fsp3) is 0.208. The molecular formula is C24H23N7O3. The molecule has 0 aliphatic rings. The summed E-state index contributed by atoms with van der Waals surface area (Å²) >= 11 is 0. The van der Waals surface area contributed by atoms with Crippen LogP contribution in [-0.4, -0.2) is 55.7 Å². The number of nitrogens with one attached hydrogen (secondary N) is 1. The fourth-order valence-electron chi connectivity index (χ4n) is 3.76. The summed E-state index contributed by atoms with van der Waals surface area (Å²) in [6, 6.07) is 11.5. The summed E-state index contributed by atoms with van der Waals surface area (Å²) < 4.78 is 13.2. The number of ether oxygens (including phenoxy) is 1. The van der Waals surface area contributed by atoms with Crippen molar-refractivity contribution in [3.63, 3.8) is 0 Å². The predicted molar refractivity (Wildman–Crippen MR) is 127 cm³/mol. The van der Waals surface area contributed by atoms with Crippen LogP contribution >= 0.6 is 0 Å². The highest BCUT2D eigenvalue weighted by Crippen LogP contribution is 2.33. The number of benzene rings is 2. The van der Waals surface area contributed by atoms with Gasteiger partial charge in [-0.25, -0.2) is 15.0 Å². The van der Waals surface area contributed by atoms with Gasteiger partial charge in [0.05, 0.1) is 28.8 Å². The molecule has 172 valence electrons. The first kappa shape index (κ1) is 21.4.